The third-order valence-corrected chi connectivity index (χ3v) is 4.01. The van der Waals surface area contributed by atoms with Crippen LogP contribution in [0.3, 0.4) is 0 Å². The van der Waals surface area contributed by atoms with Crippen LogP contribution in [-0.4, -0.2) is 21.4 Å². The minimum Gasteiger partial charge on any atom is -0.267 e. The van der Waals surface area contributed by atoms with Crippen LogP contribution in [-0.2, 0) is 7.05 Å². The van der Waals surface area contributed by atoms with Crippen LogP contribution < -0.4 is 11.0 Å². The van der Waals surface area contributed by atoms with Crippen molar-refractivity contribution in [3.8, 4) is 0 Å². The van der Waals surface area contributed by atoms with Gasteiger partial charge in [0, 0.05) is 17.5 Å². The third-order valence-electron chi connectivity index (χ3n) is 3.76. The lowest BCUT2D eigenvalue weighted by Gasteiger charge is -2.07. The summed E-state index contributed by atoms with van der Waals surface area (Å²) in [6.07, 6.45) is 0. The summed E-state index contributed by atoms with van der Waals surface area (Å²) >= 11 is 5.86. The summed E-state index contributed by atoms with van der Waals surface area (Å²) in [5.74, 6) is -0.486. The number of benzene rings is 2. The first kappa shape index (κ1) is 16.9. The Labute approximate surface area is 148 Å². The quantitative estimate of drug-likeness (QED) is 0.580. The molecule has 126 valence electrons. The topological polar surface area (TPSA) is 76.3 Å². The molecule has 0 aliphatic rings. The van der Waals surface area contributed by atoms with Gasteiger partial charge in [-0.05, 0) is 30.7 Å². The van der Waals surface area contributed by atoms with Crippen LogP contribution >= 0.6 is 11.6 Å². The highest BCUT2D eigenvalue weighted by molar-refractivity contribution is 6.30. The van der Waals surface area contributed by atoms with E-state index in [0.717, 1.165) is 10.2 Å². The van der Waals surface area contributed by atoms with Crippen molar-refractivity contribution in [3.63, 3.8) is 0 Å². The Bertz CT molecular complexity index is 1040. The van der Waals surface area contributed by atoms with Gasteiger partial charge < -0.3 is 0 Å². The summed E-state index contributed by atoms with van der Waals surface area (Å²) in [7, 11) is 1.51. The van der Waals surface area contributed by atoms with Crippen LogP contribution in [0.5, 0.6) is 0 Å². The predicted octanol–water partition coefficient (Wildman–Crippen LogP) is 2.74. The molecule has 0 fully saturated rings. The number of halogens is 1. The van der Waals surface area contributed by atoms with E-state index in [1.165, 1.54) is 7.05 Å². The molecule has 0 unspecified atom stereocenters. The monoisotopic (exact) mass is 354 g/mol. The van der Waals surface area contributed by atoms with E-state index in [1.54, 1.807) is 43.3 Å². The van der Waals surface area contributed by atoms with Crippen LogP contribution in [0.2, 0.25) is 5.02 Å². The average molecular weight is 355 g/mol. The molecule has 0 aliphatic heterocycles. The minimum atomic E-state index is -0.486. The Kier molecular flexibility index (Phi) is 4.63. The molecule has 0 atom stereocenters. The molecular weight excluding hydrogens is 340 g/mol. The average Bonchev–Trinajstić information content (AvgIpc) is 2.63. The van der Waals surface area contributed by atoms with E-state index in [4.69, 9.17) is 11.6 Å². The van der Waals surface area contributed by atoms with E-state index in [-0.39, 0.29) is 11.3 Å². The number of carbonyl (C=O) groups excluding carboxylic acids is 1. The van der Waals surface area contributed by atoms with E-state index in [0.29, 0.717) is 21.5 Å². The van der Waals surface area contributed by atoms with Crippen molar-refractivity contribution in [1.82, 2.24) is 15.2 Å². The standard InChI is InChI=1S/C18H15ClN4O2/c1-11(12-7-9-13(19)10-8-12)20-21-17(24)16-14-5-3-4-6-15(14)18(25)23(2)22-16/h3-10H,1-2H3,(H,21,24)/b20-11+. The van der Waals surface area contributed by atoms with E-state index in [2.05, 4.69) is 15.6 Å². The molecule has 0 aliphatic carbocycles. The molecule has 6 nitrogen and oxygen atoms in total. The van der Waals surface area contributed by atoms with E-state index >= 15 is 0 Å². The fraction of sp³-hybridized carbons (Fsp3) is 0.111. The third kappa shape index (κ3) is 3.44. The van der Waals surface area contributed by atoms with Gasteiger partial charge in [-0.15, -0.1) is 0 Å². The molecule has 1 aromatic heterocycles. The number of hydrogen-bond donors (Lipinski definition) is 1. The van der Waals surface area contributed by atoms with Crippen LogP contribution in [0, 0.1) is 0 Å². The van der Waals surface area contributed by atoms with Crippen molar-refractivity contribution < 1.29 is 4.79 Å². The molecule has 0 spiro atoms. The largest absolute Gasteiger partial charge is 0.292 e. The second kappa shape index (κ2) is 6.86. The van der Waals surface area contributed by atoms with Gasteiger partial charge in [0.25, 0.3) is 11.5 Å². The van der Waals surface area contributed by atoms with Gasteiger partial charge in [-0.25, -0.2) is 10.1 Å². The van der Waals surface area contributed by atoms with Gasteiger partial charge in [0.1, 0.15) is 0 Å². The van der Waals surface area contributed by atoms with Crippen LogP contribution in [0.4, 0.5) is 0 Å². The number of carbonyl (C=O) groups is 1. The summed E-state index contributed by atoms with van der Waals surface area (Å²) in [6, 6.07) is 14.0. The van der Waals surface area contributed by atoms with Gasteiger partial charge in [0.2, 0.25) is 0 Å². The first-order valence-corrected chi connectivity index (χ1v) is 7.92. The van der Waals surface area contributed by atoms with Crippen molar-refractivity contribution in [2.45, 2.75) is 6.92 Å². The Balaban J connectivity index is 1.93. The molecule has 0 radical (unpaired) electrons. The van der Waals surface area contributed by atoms with Crippen molar-refractivity contribution in [2.24, 2.45) is 12.1 Å². The molecule has 1 amide bonds. The van der Waals surface area contributed by atoms with Gasteiger partial charge in [-0.1, -0.05) is 41.9 Å². The first-order valence-electron chi connectivity index (χ1n) is 7.54. The Morgan fingerprint density at radius 1 is 1.12 bits per heavy atom. The second-order valence-electron chi connectivity index (χ2n) is 5.47. The molecule has 7 heteroatoms. The number of nitrogens with zero attached hydrogens (tertiary/aromatic N) is 3. The number of aryl methyl sites for hydroxylation is 1. The van der Waals surface area contributed by atoms with Crippen molar-refractivity contribution in [3.05, 3.63) is 75.2 Å². The molecule has 0 saturated carbocycles. The molecule has 1 heterocycles. The first-order chi connectivity index (χ1) is 12.0. The molecule has 3 rings (SSSR count). The number of amides is 1. The molecule has 25 heavy (non-hydrogen) atoms. The summed E-state index contributed by atoms with van der Waals surface area (Å²) in [4.78, 5) is 24.6. The number of hydrazone groups is 1. The zero-order valence-electron chi connectivity index (χ0n) is 13.7. The maximum Gasteiger partial charge on any atom is 0.292 e. The maximum atomic E-state index is 12.5. The normalized spacial score (nSPS) is 11.6. The summed E-state index contributed by atoms with van der Waals surface area (Å²) in [6.45, 7) is 1.77. The number of fused-ring (bicyclic) bond motifs is 1. The van der Waals surface area contributed by atoms with Crippen molar-refractivity contribution in [1.29, 1.82) is 0 Å². The SMILES string of the molecule is C/C(=N\NC(=O)c1nn(C)c(=O)c2ccccc12)c1ccc(Cl)cc1. The molecule has 0 bridgehead atoms. The summed E-state index contributed by atoms with van der Waals surface area (Å²) in [5, 5.41) is 9.72. The number of aromatic nitrogens is 2. The maximum absolute atomic E-state index is 12.5. The molecule has 2 aromatic carbocycles. The summed E-state index contributed by atoms with van der Waals surface area (Å²) < 4.78 is 1.15. The Morgan fingerprint density at radius 2 is 1.76 bits per heavy atom. The fourth-order valence-electron chi connectivity index (χ4n) is 2.41. The molecular formula is C18H15ClN4O2. The number of hydrogen-bond acceptors (Lipinski definition) is 4. The lowest BCUT2D eigenvalue weighted by molar-refractivity contribution is 0.0949. The van der Waals surface area contributed by atoms with Crippen LogP contribution in [0.15, 0.2) is 58.4 Å². The van der Waals surface area contributed by atoms with E-state index in [1.807, 2.05) is 12.1 Å². The Morgan fingerprint density at radius 3 is 2.44 bits per heavy atom. The fourth-order valence-corrected chi connectivity index (χ4v) is 2.54. The van der Waals surface area contributed by atoms with Crippen LogP contribution in [0.25, 0.3) is 10.8 Å². The highest BCUT2D eigenvalue weighted by atomic mass is 35.5. The highest BCUT2D eigenvalue weighted by Crippen LogP contribution is 2.13. The second-order valence-corrected chi connectivity index (χ2v) is 5.90. The Hall–Kier alpha value is -2.99. The molecule has 1 N–H and O–H groups in total. The minimum absolute atomic E-state index is 0.144. The predicted molar refractivity (Wildman–Crippen MR) is 98.1 cm³/mol. The highest BCUT2D eigenvalue weighted by Gasteiger charge is 2.15. The van der Waals surface area contributed by atoms with Gasteiger partial charge in [-0.3, -0.25) is 9.59 Å². The lowest BCUT2D eigenvalue weighted by atomic mass is 10.1. The zero-order chi connectivity index (χ0) is 18.0. The van der Waals surface area contributed by atoms with Gasteiger partial charge >= 0.3 is 0 Å². The van der Waals surface area contributed by atoms with Crippen molar-refractivity contribution in [2.75, 3.05) is 0 Å². The molecule has 0 saturated heterocycles. The van der Waals surface area contributed by atoms with E-state index in [9.17, 15) is 9.59 Å². The zero-order valence-corrected chi connectivity index (χ0v) is 14.4. The molecule has 3 aromatic rings. The summed E-state index contributed by atoms with van der Waals surface area (Å²) in [5.41, 5.74) is 3.84. The van der Waals surface area contributed by atoms with Crippen LogP contribution in [0.1, 0.15) is 23.0 Å². The lowest BCUT2D eigenvalue weighted by Crippen LogP contribution is -2.27. The number of nitrogens with one attached hydrogen (secondary N) is 1. The van der Waals surface area contributed by atoms with Gasteiger partial charge in [0.15, 0.2) is 5.69 Å². The number of rotatable bonds is 3. The van der Waals surface area contributed by atoms with E-state index < -0.39 is 5.91 Å². The smallest absolute Gasteiger partial charge is 0.267 e. The van der Waals surface area contributed by atoms with Gasteiger partial charge in [0.05, 0.1) is 11.1 Å². The van der Waals surface area contributed by atoms with Crippen molar-refractivity contribution >= 4 is 34.0 Å². The van der Waals surface area contributed by atoms with Gasteiger partial charge in [-0.2, -0.15) is 10.2 Å².